The molecule has 1 heterocycles. The lowest BCUT2D eigenvalue weighted by Gasteiger charge is -2.08. The number of amides is 3. The Morgan fingerprint density at radius 2 is 2.11 bits per heavy atom. The molecule has 1 aliphatic rings. The topological polar surface area (TPSA) is 78.9 Å². The molecule has 1 saturated heterocycles. The third-order valence-electron chi connectivity index (χ3n) is 2.63. The maximum Gasteiger partial charge on any atom is 0.328 e. The molecule has 0 saturated carbocycles. The summed E-state index contributed by atoms with van der Waals surface area (Å²) in [7, 11) is 2.94. The fourth-order valence-corrected chi connectivity index (χ4v) is 1.61. The molecule has 0 aliphatic carbocycles. The van der Waals surface area contributed by atoms with Crippen LogP contribution in [0.15, 0.2) is 23.9 Å². The van der Waals surface area contributed by atoms with Crippen molar-refractivity contribution in [3.63, 3.8) is 0 Å². The summed E-state index contributed by atoms with van der Waals surface area (Å²) in [6.45, 7) is 0. The number of phenols is 1. The number of hydrogen-bond acceptors (Lipinski definition) is 4. The van der Waals surface area contributed by atoms with Crippen molar-refractivity contribution in [1.82, 2.24) is 10.2 Å². The Morgan fingerprint density at radius 3 is 2.67 bits per heavy atom. The number of aromatic hydroxyl groups is 1. The molecule has 6 heteroatoms. The first-order valence-electron chi connectivity index (χ1n) is 5.20. The summed E-state index contributed by atoms with van der Waals surface area (Å²) in [5, 5.41) is 11.6. The van der Waals surface area contributed by atoms with E-state index >= 15 is 0 Å². The summed E-state index contributed by atoms with van der Waals surface area (Å²) in [5.74, 6) is -0.133. The Hall–Kier alpha value is -2.50. The van der Waals surface area contributed by atoms with Crippen LogP contribution in [0.3, 0.4) is 0 Å². The highest BCUT2D eigenvalue weighted by molar-refractivity contribution is 6.13. The van der Waals surface area contributed by atoms with Crippen LogP contribution in [0.5, 0.6) is 11.5 Å². The zero-order chi connectivity index (χ0) is 13.3. The van der Waals surface area contributed by atoms with Crippen LogP contribution in [0, 0.1) is 0 Å². The summed E-state index contributed by atoms with van der Waals surface area (Å²) in [6.07, 6.45) is 1.54. The summed E-state index contributed by atoms with van der Waals surface area (Å²) in [5.41, 5.74) is 0.893. The molecule has 1 aliphatic heterocycles. The largest absolute Gasteiger partial charge is 0.504 e. The minimum atomic E-state index is -0.461. The zero-order valence-corrected chi connectivity index (χ0v) is 9.93. The predicted octanol–water partition coefficient (Wildman–Crippen LogP) is 0.923. The molecule has 2 rings (SSSR count). The van der Waals surface area contributed by atoms with Crippen LogP contribution >= 0.6 is 0 Å². The second-order valence-electron chi connectivity index (χ2n) is 3.78. The van der Waals surface area contributed by atoms with Gasteiger partial charge < -0.3 is 9.84 Å². The van der Waals surface area contributed by atoms with Gasteiger partial charge in [0.05, 0.1) is 7.11 Å². The van der Waals surface area contributed by atoms with Crippen LogP contribution in [0.4, 0.5) is 4.79 Å². The Morgan fingerprint density at radius 1 is 1.39 bits per heavy atom. The lowest BCUT2D eigenvalue weighted by molar-refractivity contribution is -0.115. The monoisotopic (exact) mass is 248 g/mol. The Bertz CT molecular complexity index is 551. The Kier molecular flexibility index (Phi) is 2.93. The molecule has 0 spiro atoms. The van der Waals surface area contributed by atoms with Crippen molar-refractivity contribution in [2.24, 2.45) is 0 Å². The lowest BCUT2D eigenvalue weighted by atomic mass is 10.1. The Labute approximate surface area is 103 Å². The van der Waals surface area contributed by atoms with Crippen LogP contribution in [0.1, 0.15) is 5.56 Å². The van der Waals surface area contributed by atoms with Crippen molar-refractivity contribution >= 4 is 18.0 Å². The van der Waals surface area contributed by atoms with E-state index in [1.807, 2.05) is 0 Å². The number of ether oxygens (including phenoxy) is 1. The predicted molar refractivity (Wildman–Crippen MR) is 63.9 cm³/mol. The molecule has 0 atom stereocenters. The first-order valence-corrected chi connectivity index (χ1v) is 5.20. The molecule has 6 nitrogen and oxygen atoms in total. The number of urea groups is 1. The van der Waals surface area contributed by atoms with E-state index in [0.717, 1.165) is 0 Å². The van der Waals surface area contributed by atoms with Gasteiger partial charge in [-0.2, -0.15) is 0 Å². The maximum absolute atomic E-state index is 11.5. The van der Waals surface area contributed by atoms with Crippen LogP contribution < -0.4 is 10.1 Å². The third-order valence-corrected chi connectivity index (χ3v) is 2.63. The SMILES string of the molecule is COc1cc(C=C2C(=O)NC(=O)N2C)ccc1O. The van der Waals surface area contributed by atoms with Crippen LogP contribution in [0.25, 0.3) is 6.08 Å². The van der Waals surface area contributed by atoms with Gasteiger partial charge in [-0.3, -0.25) is 15.0 Å². The highest BCUT2D eigenvalue weighted by Gasteiger charge is 2.29. The number of hydrogen-bond donors (Lipinski definition) is 2. The fourth-order valence-electron chi connectivity index (χ4n) is 1.61. The normalized spacial score (nSPS) is 17.2. The lowest BCUT2D eigenvalue weighted by Crippen LogP contribution is -2.24. The molecule has 0 radical (unpaired) electrons. The van der Waals surface area contributed by atoms with Gasteiger partial charge in [0.2, 0.25) is 0 Å². The minimum absolute atomic E-state index is 0.0138. The Balaban J connectivity index is 2.39. The average Bonchev–Trinajstić information content (AvgIpc) is 2.58. The smallest absolute Gasteiger partial charge is 0.328 e. The first-order chi connectivity index (χ1) is 8.52. The molecule has 0 bridgehead atoms. The number of phenolic OH excluding ortho intramolecular Hbond substituents is 1. The van der Waals surface area contributed by atoms with Gasteiger partial charge in [0.1, 0.15) is 5.70 Å². The summed E-state index contributed by atoms with van der Waals surface area (Å²) < 4.78 is 4.96. The molecule has 94 valence electrons. The van der Waals surface area contributed by atoms with Gasteiger partial charge in [-0.05, 0) is 23.8 Å². The maximum atomic E-state index is 11.5. The van der Waals surface area contributed by atoms with Gasteiger partial charge in [0.15, 0.2) is 11.5 Å². The molecule has 0 unspecified atom stereocenters. The van der Waals surface area contributed by atoms with Gasteiger partial charge in [0, 0.05) is 7.05 Å². The van der Waals surface area contributed by atoms with Crippen LogP contribution in [0.2, 0.25) is 0 Å². The van der Waals surface area contributed by atoms with Crippen LogP contribution in [-0.2, 0) is 4.79 Å². The van der Waals surface area contributed by atoms with Crippen molar-refractivity contribution in [1.29, 1.82) is 0 Å². The highest BCUT2D eigenvalue weighted by Crippen LogP contribution is 2.27. The number of imide groups is 1. The standard InChI is InChI=1S/C12H12N2O4/c1-14-8(11(16)13-12(14)17)5-7-3-4-9(15)10(6-7)18-2/h3-6,15H,1-2H3,(H,13,16,17). The number of methoxy groups -OCH3 is 1. The number of nitrogens with zero attached hydrogens (tertiary/aromatic N) is 1. The summed E-state index contributed by atoms with van der Waals surface area (Å²) in [4.78, 5) is 24.0. The molecule has 1 aromatic rings. The molecular formula is C12H12N2O4. The molecule has 0 aromatic heterocycles. The van der Waals surface area contributed by atoms with Crippen molar-refractivity contribution in [3.8, 4) is 11.5 Å². The van der Waals surface area contributed by atoms with E-state index in [9.17, 15) is 14.7 Å². The quantitative estimate of drug-likeness (QED) is 0.602. The molecule has 1 fully saturated rings. The van der Waals surface area contributed by atoms with Crippen molar-refractivity contribution in [2.45, 2.75) is 0 Å². The van der Waals surface area contributed by atoms with E-state index < -0.39 is 11.9 Å². The van der Waals surface area contributed by atoms with E-state index in [1.54, 1.807) is 18.2 Å². The number of nitrogens with one attached hydrogen (secondary N) is 1. The van der Waals surface area contributed by atoms with Crippen molar-refractivity contribution in [2.75, 3.05) is 14.2 Å². The highest BCUT2D eigenvalue weighted by atomic mass is 16.5. The number of benzene rings is 1. The molecule has 1 aromatic carbocycles. The zero-order valence-electron chi connectivity index (χ0n) is 9.93. The molecule has 3 amide bonds. The van der Waals surface area contributed by atoms with E-state index in [4.69, 9.17) is 4.74 Å². The van der Waals surface area contributed by atoms with Crippen molar-refractivity contribution in [3.05, 3.63) is 29.5 Å². The van der Waals surface area contributed by atoms with Gasteiger partial charge >= 0.3 is 6.03 Å². The number of rotatable bonds is 2. The van der Waals surface area contributed by atoms with Crippen molar-refractivity contribution < 1.29 is 19.4 Å². The summed E-state index contributed by atoms with van der Waals surface area (Å²) >= 11 is 0. The molecule has 2 N–H and O–H groups in total. The number of carbonyl (C=O) groups is 2. The van der Waals surface area contributed by atoms with Gasteiger partial charge in [0.25, 0.3) is 5.91 Å². The second-order valence-corrected chi connectivity index (χ2v) is 3.78. The van der Waals surface area contributed by atoms with Gasteiger partial charge in [-0.15, -0.1) is 0 Å². The second kappa shape index (κ2) is 4.40. The first kappa shape index (κ1) is 12.0. The number of carbonyl (C=O) groups excluding carboxylic acids is 2. The third kappa shape index (κ3) is 2.00. The fraction of sp³-hybridized carbons (Fsp3) is 0.167. The molecule has 18 heavy (non-hydrogen) atoms. The van der Waals surface area contributed by atoms with Gasteiger partial charge in [-0.25, -0.2) is 4.79 Å². The summed E-state index contributed by atoms with van der Waals surface area (Å²) in [6, 6.07) is 4.19. The van der Waals surface area contributed by atoms with E-state index in [-0.39, 0.29) is 11.4 Å². The van der Waals surface area contributed by atoms with E-state index in [2.05, 4.69) is 5.32 Å². The van der Waals surface area contributed by atoms with Gasteiger partial charge in [-0.1, -0.05) is 6.07 Å². The van der Waals surface area contributed by atoms with Crippen LogP contribution in [-0.4, -0.2) is 36.1 Å². The van der Waals surface area contributed by atoms with E-state index in [1.165, 1.54) is 25.1 Å². The minimum Gasteiger partial charge on any atom is -0.504 e. The molecular weight excluding hydrogens is 236 g/mol. The number of likely N-dealkylation sites (N-methyl/N-ethyl adjacent to an activating group) is 1. The van der Waals surface area contributed by atoms with E-state index in [0.29, 0.717) is 11.3 Å². The average molecular weight is 248 g/mol.